The predicted molar refractivity (Wildman–Crippen MR) is 75.9 cm³/mol. The number of hydrogen-bond donors (Lipinski definition) is 1. The topological polar surface area (TPSA) is 30.5 Å². The molecule has 100 valence electrons. The molecule has 1 aliphatic heterocycles. The Morgan fingerprint density at radius 2 is 2.00 bits per heavy atom. The van der Waals surface area contributed by atoms with Crippen molar-refractivity contribution in [3.05, 3.63) is 18.2 Å². The van der Waals surface area contributed by atoms with Gasteiger partial charge in [0, 0.05) is 23.6 Å². The lowest BCUT2D eigenvalue weighted by Gasteiger charge is -2.09. The lowest BCUT2D eigenvalue weighted by molar-refractivity contribution is 0.297. The first-order valence-corrected chi connectivity index (χ1v) is 7.62. The summed E-state index contributed by atoms with van der Waals surface area (Å²) >= 11 is 1.85. The minimum atomic E-state index is 0.749. The molecule has 18 heavy (non-hydrogen) atoms. The molecule has 0 saturated carbocycles. The van der Waals surface area contributed by atoms with Crippen LogP contribution < -0.4 is 14.8 Å². The van der Waals surface area contributed by atoms with E-state index in [1.165, 1.54) is 11.3 Å². The summed E-state index contributed by atoms with van der Waals surface area (Å²) in [6.07, 6.45) is 2.15. The van der Waals surface area contributed by atoms with Gasteiger partial charge in [-0.1, -0.05) is 6.92 Å². The van der Waals surface area contributed by atoms with E-state index in [4.69, 9.17) is 9.47 Å². The molecule has 3 nitrogen and oxygen atoms in total. The van der Waals surface area contributed by atoms with Crippen LogP contribution in [0.5, 0.6) is 11.5 Å². The molecule has 0 aliphatic carbocycles. The van der Waals surface area contributed by atoms with Crippen molar-refractivity contribution in [3.63, 3.8) is 0 Å². The first-order chi connectivity index (χ1) is 8.90. The second-order valence-electron chi connectivity index (χ2n) is 4.26. The highest BCUT2D eigenvalue weighted by Crippen LogP contribution is 2.33. The molecule has 0 bridgehead atoms. The first kappa shape index (κ1) is 13.6. The fourth-order valence-electron chi connectivity index (χ4n) is 1.78. The second-order valence-corrected chi connectivity index (χ2v) is 5.43. The number of benzene rings is 1. The highest BCUT2D eigenvalue weighted by molar-refractivity contribution is 7.99. The molecule has 0 saturated heterocycles. The molecule has 1 heterocycles. The number of rotatable bonds is 6. The summed E-state index contributed by atoms with van der Waals surface area (Å²) in [5.74, 6) is 2.85. The largest absolute Gasteiger partial charge is 0.490 e. The van der Waals surface area contributed by atoms with Gasteiger partial charge in [-0.05, 0) is 31.2 Å². The fourth-order valence-corrected chi connectivity index (χ4v) is 2.61. The van der Waals surface area contributed by atoms with Crippen molar-refractivity contribution in [2.24, 2.45) is 0 Å². The molecule has 2 rings (SSSR count). The molecular formula is C14H21NO2S. The molecule has 1 N–H and O–H groups in total. The van der Waals surface area contributed by atoms with Crippen LogP contribution in [0.3, 0.4) is 0 Å². The van der Waals surface area contributed by atoms with E-state index >= 15 is 0 Å². The van der Waals surface area contributed by atoms with Gasteiger partial charge in [0.05, 0.1) is 13.2 Å². The van der Waals surface area contributed by atoms with E-state index in [-0.39, 0.29) is 0 Å². The Hall–Kier alpha value is -0.870. The van der Waals surface area contributed by atoms with Crippen LogP contribution >= 0.6 is 11.8 Å². The van der Waals surface area contributed by atoms with Gasteiger partial charge in [-0.15, -0.1) is 11.8 Å². The van der Waals surface area contributed by atoms with Gasteiger partial charge in [0.1, 0.15) is 0 Å². The van der Waals surface area contributed by atoms with Crippen molar-refractivity contribution in [1.82, 2.24) is 5.32 Å². The number of hydrogen-bond acceptors (Lipinski definition) is 4. The minimum Gasteiger partial charge on any atom is -0.490 e. The lowest BCUT2D eigenvalue weighted by atomic mass is 10.3. The van der Waals surface area contributed by atoms with Gasteiger partial charge in [-0.25, -0.2) is 0 Å². The summed E-state index contributed by atoms with van der Waals surface area (Å²) in [6, 6.07) is 6.21. The number of fused-ring (bicyclic) bond motifs is 1. The summed E-state index contributed by atoms with van der Waals surface area (Å²) < 4.78 is 11.3. The van der Waals surface area contributed by atoms with E-state index in [2.05, 4.69) is 24.4 Å². The van der Waals surface area contributed by atoms with Gasteiger partial charge in [-0.2, -0.15) is 0 Å². The number of thioether (sulfide) groups is 1. The maximum absolute atomic E-state index is 5.68. The SMILES string of the molecule is CCCNCCSc1ccc2c(c1)OCCCO2. The maximum atomic E-state index is 5.68. The van der Waals surface area contributed by atoms with Crippen molar-refractivity contribution in [2.75, 3.05) is 32.1 Å². The van der Waals surface area contributed by atoms with Gasteiger partial charge in [0.25, 0.3) is 0 Å². The monoisotopic (exact) mass is 267 g/mol. The standard InChI is InChI=1S/C14H21NO2S/c1-2-6-15-7-10-18-12-4-5-13-14(11-12)17-9-3-8-16-13/h4-5,11,15H,2-3,6-10H2,1H3. The maximum Gasteiger partial charge on any atom is 0.162 e. The van der Waals surface area contributed by atoms with Crippen LogP contribution in [0.15, 0.2) is 23.1 Å². The van der Waals surface area contributed by atoms with Crippen LogP contribution in [0.2, 0.25) is 0 Å². The Labute approximate surface area is 113 Å². The molecule has 0 atom stereocenters. The van der Waals surface area contributed by atoms with Gasteiger partial charge in [0.15, 0.2) is 11.5 Å². The Morgan fingerprint density at radius 3 is 2.83 bits per heavy atom. The Morgan fingerprint density at radius 1 is 1.17 bits per heavy atom. The lowest BCUT2D eigenvalue weighted by Crippen LogP contribution is -2.17. The van der Waals surface area contributed by atoms with E-state index in [0.29, 0.717) is 0 Å². The average Bonchev–Trinajstić information content (AvgIpc) is 2.63. The van der Waals surface area contributed by atoms with Gasteiger partial charge < -0.3 is 14.8 Å². The summed E-state index contributed by atoms with van der Waals surface area (Å²) in [6.45, 7) is 5.83. The van der Waals surface area contributed by atoms with Crippen LogP contribution in [0, 0.1) is 0 Å². The van der Waals surface area contributed by atoms with E-state index < -0.39 is 0 Å². The van der Waals surface area contributed by atoms with Crippen molar-refractivity contribution >= 4 is 11.8 Å². The van der Waals surface area contributed by atoms with E-state index in [1.807, 2.05) is 17.8 Å². The first-order valence-electron chi connectivity index (χ1n) is 6.63. The highest BCUT2D eigenvalue weighted by atomic mass is 32.2. The third-order valence-electron chi connectivity index (χ3n) is 2.69. The van der Waals surface area contributed by atoms with Crippen LogP contribution in [0.4, 0.5) is 0 Å². The highest BCUT2D eigenvalue weighted by Gasteiger charge is 2.10. The quantitative estimate of drug-likeness (QED) is 0.634. The number of nitrogens with one attached hydrogen (secondary N) is 1. The minimum absolute atomic E-state index is 0.749. The molecule has 0 aromatic heterocycles. The van der Waals surface area contributed by atoms with Crippen molar-refractivity contribution in [3.8, 4) is 11.5 Å². The molecule has 0 radical (unpaired) electrons. The zero-order valence-electron chi connectivity index (χ0n) is 10.9. The van der Waals surface area contributed by atoms with Gasteiger partial charge >= 0.3 is 0 Å². The molecule has 0 spiro atoms. The van der Waals surface area contributed by atoms with E-state index in [9.17, 15) is 0 Å². The third kappa shape index (κ3) is 4.10. The van der Waals surface area contributed by atoms with Gasteiger partial charge in [-0.3, -0.25) is 0 Å². The van der Waals surface area contributed by atoms with Crippen LogP contribution in [0.1, 0.15) is 19.8 Å². The zero-order valence-corrected chi connectivity index (χ0v) is 11.7. The number of ether oxygens (including phenoxy) is 2. The molecule has 0 amide bonds. The molecule has 0 unspecified atom stereocenters. The summed E-state index contributed by atoms with van der Waals surface area (Å²) in [5, 5.41) is 3.40. The Balaban J connectivity index is 1.84. The Kier molecular flexibility index (Phi) is 5.68. The Bertz CT molecular complexity index is 371. The summed E-state index contributed by atoms with van der Waals surface area (Å²) in [5.41, 5.74) is 0. The van der Waals surface area contributed by atoms with Crippen LogP contribution in [-0.2, 0) is 0 Å². The molecule has 4 heteroatoms. The summed E-state index contributed by atoms with van der Waals surface area (Å²) in [4.78, 5) is 1.25. The van der Waals surface area contributed by atoms with Crippen molar-refractivity contribution < 1.29 is 9.47 Å². The van der Waals surface area contributed by atoms with E-state index in [1.54, 1.807) is 0 Å². The predicted octanol–water partition coefficient (Wildman–Crippen LogP) is 2.94. The zero-order chi connectivity index (χ0) is 12.6. The molecule has 1 aliphatic rings. The average molecular weight is 267 g/mol. The van der Waals surface area contributed by atoms with E-state index in [0.717, 1.165) is 50.0 Å². The normalized spacial score (nSPS) is 14.3. The molecule has 1 aromatic rings. The molecular weight excluding hydrogens is 246 g/mol. The third-order valence-corrected chi connectivity index (χ3v) is 3.69. The van der Waals surface area contributed by atoms with Crippen molar-refractivity contribution in [1.29, 1.82) is 0 Å². The van der Waals surface area contributed by atoms with Crippen LogP contribution in [-0.4, -0.2) is 32.1 Å². The summed E-state index contributed by atoms with van der Waals surface area (Å²) in [7, 11) is 0. The van der Waals surface area contributed by atoms with Crippen LogP contribution in [0.25, 0.3) is 0 Å². The van der Waals surface area contributed by atoms with Crippen molar-refractivity contribution in [2.45, 2.75) is 24.7 Å². The molecule has 1 aromatic carbocycles. The smallest absolute Gasteiger partial charge is 0.162 e. The molecule has 0 fully saturated rings. The second kappa shape index (κ2) is 7.54. The van der Waals surface area contributed by atoms with Gasteiger partial charge in [0.2, 0.25) is 0 Å². The fraction of sp³-hybridized carbons (Fsp3) is 0.571.